The van der Waals surface area contributed by atoms with Gasteiger partial charge in [-0.2, -0.15) is 10.2 Å². The first-order chi connectivity index (χ1) is 14.0. The molecular formula is C21H27N7O. The summed E-state index contributed by atoms with van der Waals surface area (Å²) in [6, 6.07) is 10.1. The molecule has 0 radical (unpaired) electrons. The van der Waals surface area contributed by atoms with Gasteiger partial charge in [0.2, 0.25) is 5.91 Å². The first kappa shape index (κ1) is 19.3. The van der Waals surface area contributed by atoms with Crippen LogP contribution in [0.3, 0.4) is 0 Å². The molecule has 1 aliphatic heterocycles. The fourth-order valence-corrected chi connectivity index (χ4v) is 4.07. The molecule has 0 aliphatic carbocycles. The Morgan fingerprint density at radius 2 is 2.10 bits per heavy atom. The molecule has 8 heteroatoms. The topological polar surface area (TPSA) is 91.7 Å². The highest BCUT2D eigenvalue weighted by Gasteiger charge is 2.36. The number of carbonyl (C=O) groups is 1. The summed E-state index contributed by atoms with van der Waals surface area (Å²) in [6.07, 6.45) is 2.74. The maximum atomic E-state index is 11.6. The summed E-state index contributed by atoms with van der Waals surface area (Å²) in [6.45, 7) is 8.14. The Labute approximate surface area is 170 Å². The standard InChI is InChI=1S/C21H27N7O/c1-4-28-14(2)17(11-22-28)12-27-13-18(23-15(3)29)10-19(27)21-24-20(25-26-21)16-8-6-5-7-9-16/h5-9,11,18-19H,4,10,12-13H2,1-3H3,(H,23,29)(H,24,25,26)/t18-,19-/m0/s1. The van der Waals surface area contributed by atoms with Crippen LogP contribution in [0.5, 0.6) is 0 Å². The van der Waals surface area contributed by atoms with Crippen LogP contribution in [0.2, 0.25) is 0 Å². The van der Waals surface area contributed by atoms with E-state index < -0.39 is 0 Å². The van der Waals surface area contributed by atoms with E-state index in [0.29, 0.717) is 5.82 Å². The van der Waals surface area contributed by atoms with Gasteiger partial charge in [0.1, 0.15) is 5.82 Å². The Balaban J connectivity index is 1.59. The first-order valence-corrected chi connectivity index (χ1v) is 10.0. The average Bonchev–Trinajstić information content (AvgIpc) is 3.42. The predicted octanol–water partition coefficient (Wildman–Crippen LogP) is 2.45. The van der Waals surface area contributed by atoms with Gasteiger partial charge >= 0.3 is 0 Å². The van der Waals surface area contributed by atoms with Gasteiger partial charge in [-0.25, -0.2) is 4.98 Å². The van der Waals surface area contributed by atoms with Crippen LogP contribution in [-0.4, -0.2) is 48.4 Å². The van der Waals surface area contributed by atoms with Crippen molar-refractivity contribution in [2.45, 2.75) is 52.4 Å². The molecule has 0 bridgehead atoms. The molecule has 4 rings (SSSR count). The highest BCUT2D eigenvalue weighted by atomic mass is 16.1. The van der Waals surface area contributed by atoms with Gasteiger partial charge in [-0.1, -0.05) is 30.3 Å². The molecular weight excluding hydrogens is 366 g/mol. The van der Waals surface area contributed by atoms with Crippen LogP contribution in [0.1, 0.15) is 43.4 Å². The largest absolute Gasteiger partial charge is 0.352 e. The average molecular weight is 393 g/mol. The third-order valence-electron chi connectivity index (χ3n) is 5.54. The van der Waals surface area contributed by atoms with Crippen molar-refractivity contribution in [1.29, 1.82) is 0 Å². The second-order valence-corrected chi connectivity index (χ2v) is 7.56. The summed E-state index contributed by atoms with van der Waals surface area (Å²) in [5.41, 5.74) is 3.36. The van der Waals surface area contributed by atoms with Crippen LogP contribution in [-0.2, 0) is 17.9 Å². The maximum absolute atomic E-state index is 11.6. The monoisotopic (exact) mass is 393 g/mol. The van der Waals surface area contributed by atoms with Crippen molar-refractivity contribution in [1.82, 2.24) is 35.2 Å². The molecule has 3 heterocycles. The van der Waals surface area contributed by atoms with Crippen LogP contribution in [0.25, 0.3) is 11.4 Å². The van der Waals surface area contributed by atoms with E-state index >= 15 is 0 Å². The molecule has 152 valence electrons. The molecule has 1 aromatic carbocycles. The molecule has 0 saturated carbocycles. The molecule has 8 nitrogen and oxygen atoms in total. The van der Waals surface area contributed by atoms with E-state index in [1.807, 2.05) is 41.2 Å². The summed E-state index contributed by atoms with van der Waals surface area (Å²) in [5.74, 6) is 1.52. The maximum Gasteiger partial charge on any atom is 0.217 e. The van der Waals surface area contributed by atoms with Gasteiger partial charge in [-0.05, 0) is 20.3 Å². The molecule has 0 spiro atoms. The summed E-state index contributed by atoms with van der Waals surface area (Å²) in [4.78, 5) is 18.7. The van der Waals surface area contributed by atoms with Crippen LogP contribution in [0.4, 0.5) is 0 Å². The molecule has 1 amide bonds. The SMILES string of the molecule is CCn1ncc(CN2C[C@@H](NC(C)=O)C[C@H]2c2nc(-c3ccccc3)n[nH]2)c1C. The number of rotatable bonds is 6. The molecule has 2 N–H and O–H groups in total. The smallest absolute Gasteiger partial charge is 0.217 e. The number of nitrogens with one attached hydrogen (secondary N) is 2. The van der Waals surface area contributed by atoms with Gasteiger partial charge in [0.15, 0.2) is 5.82 Å². The highest BCUT2D eigenvalue weighted by Crippen LogP contribution is 2.33. The van der Waals surface area contributed by atoms with Gasteiger partial charge in [-0.15, -0.1) is 0 Å². The van der Waals surface area contributed by atoms with Crippen molar-refractivity contribution in [2.75, 3.05) is 6.54 Å². The van der Waals surface area contributed by atoms with Crippen molar-refractivity contribution in [2.24, 2.45) is 0 Å². The minimum absolute atomic E-state index is 0.00636. The Hall–Kier alpha value is -3.00. The number of aryl methyl sites for hydroxylation is 1. The second-order valence-electron chi connectivity index (χ2n) is 7.56. The van der Waals surface area contributed by atoms with Crippen molar-refractivity contribution in [3.05, 3.63) is 53.6 Å². The lowest BCUT2D eigenvalue weighted by atomic mass is 10.1. The minimum atomic E-state index is -0.00636. The van der Waals surface area contributed by atoms with Gasteiger partial charge < -0.3 is 5.32 Å². The van der Waals surface area contributed by atoms with E-state index in [-0.39, 0.29) is 18.0 Å². The van der Waals surface area contributed by atoms with Crippen molar-refractivity contribution in [3.63, 3.8) is 0 Å². The molecule has 3 aromatic rings. The third-order valence-corrected chi connectivity index (χ3v) is 5.54. The van der Waals surface area contributed by atoms with Crippen LogP contribution in [0, 0.1) is 6.92 Å². The summed E-state index contributed by atoms with van der Waals surface area (Å²) in [5, 5.41) is 15.1. The summed E-state index contributed by atoms with van der Waals surface area (Å²) in [7, 11) is 0. The quantitative estimate of drug-likeness (QED) is 0.671. The van der Waals surface area contributed by atoms with E-state index in [4.69, 9.17) is 4.98 Å². The van der Waals surface area contributed by atoms with Gasteiger partial charge in [0, 0.05) is 49.4 Å². The highest BCUT2D eigenvalue weighted by molar-refractivity contribution is 5.73. The predicted molar refractivity (Wildman–Crippen MR) is 110 cm³/mol. The second kappa shape index (κ2) is 8.16. The fourth-order valence-electron chi connectivity index (χ4n) is 4.07. The van der Waals surface area contributed by atoms with Crippen LogP contribution in [0.15, 0.2) is 36.5 Å². The zero-order chi connectivity index (χ0) is 20.4. The Kier molecular flexibility index (Phi) is 5.44. The Morgan fingerprint density at radius 3 is 2.79 bits per heavy atom. The van der Waals surface area contributed by atoms with Crippen molar-refractivity contribution < 1.29 is 4.79 Å². The van der Waals surface area contributed by atoms with Crippen molar-refractivity contribution in [3.8, 4) is 11.4 Å². The zero-order valence-corrected chi connectivity index (χ0v) is 17.1. The minimum Gasteiger partial charge on any atom is -0.352 e. The summed E-state index contributed by atoms with van der Waals surface area (Å²) >= 11 is 0. The number of H-pyrrole nitrogens is 1. The van der Waals surface area contributed by atoms with Crippen LogP contribution >= 0.6 is 0 Å². The lowest BCUT2D eigenvalue weighted by Crippen LogP contribution is -2.35. The van der Waals surface area contributed by atoms with Gasteiger partial charge in [0.25, 0.3) is 0 Å². The molecule has 1 fully saturated rings. The number of aromatic nitrogens is 5. The number of hydrogen-bond acceptors (Lipinski definition) is 5. The number of nitrogens with zero attached hydrogens (tertiary/aromatic N) is 5. The number of benzene rings is 1. The molecule has 0 unspecified atom stereocenters. The first-order valence-electron chi connectivity index (χ1n) is 10.0. The molecule has 1 saturated heterocycles. The van der Waals surface area contributed by atoms with Gasteiger partial charge in [-0.3, -0.25) is 19.5 Å². The molecule has 29 heavy (non-hydrogen) atoms. The molecule has 2 aromatic heterocycles. The third kappa shape index (κ3) is 4.07. The zero-order valence-electron chi connectivity index (χ0n) is 17.1. The van der Waals surface area contributed by atoms with E-state index in [9.17, 15) is 4.79 Å². The van der Waals surface area contributed by atoms with Crippen LogP contribution < -0.4 is 5.32 Å². The fraction of sp³-hybridized carbons (Fsp3) is 0.429. The van der Waals surface area contributed by atoms with Crippen molar-refractivity contribution >= 4 is 5.91 Å². The number of likely N-dealkylation sites (tertiary alicyclic amines) is 1. The lowest BCUT2D eigenvalue weighted by molar-refractivity contribution is -0.119. The number of amides is 1. The van der Waals surface area contributed by atoms with E-state index in [1.165, 1.54) is 11.3 Å². The van der Waals surface area contributed by atoms with Gasteiger partial charge in [0.05, 0.1) is 12.2 Å². The molecule has 1 aliphatic rings. The lowest BCUT2D eigenvalue weighted by Gasteiger charge is -2.22. The normalized spacial score (nSPS) is 19.6. The summed E-state index contributed by atoms with van der Waals surface area (Å²) < 4.78 is 2.01. The number of hydrogen-bond donors (Lipinski definition) is 2. The Bertz CT molecular complexity index is 978. The van der Waals surface area contributed by atoms with E-state index in [2.05, 4.69) is 39.4 Å². The van der Waals surface area contributed by atoms with E-state index in [1.54, 1.807) is 6.92 Å². The number of aromatic amines is 1. The molecule has 2 atom stereocenters. The van der Waals surface area contributed by atoms with E-state index in [0.717, 1.165) is 37.4 Å². The number of carbonyl (C=O) groups excluding carboxylic acids is 1. The Morgan fingerprint density at radius 1 is 1.31 bits per heavy atom.